The van der Waals surface area contributed by atoms with Gasteiger partial charge in [-0.2, -0.15) is 11.8 Å². The number of rotatable bonds is 4. The lowest BCUT2D eigenvalue weighted by Gasteiger charge is -2.30. The van der Waals surface area contributed by atoms with Crippen LogP contribution in [0.2, 0.25) is 0 Å². The summed E-state index contributed by atoms with van der Waals surface area (Å²) in [6.07, 6.45) is 3.58. The van der Waals surface area contributed by atoms with Crippen LogP contribution < -0.4 is 5.32 Å². The van der Waals surface area contributed by atoms with Gasteiger partial charge in [-0.1, -0.05) is 29.8 Å². The molecular formula is C14H21NOS. The summed E-state index contributed by atoms with van der Waals surface area (Å²) in [6.45, 7) is 3.94. The van der Waals surface area contributed by atoms with Gasteiger partial charge < -0.3 is 10.1 Å². The van der Waals surface area contributed by atoms with Crippen molar-refractivity contribution in [3.05, 3.63) is 35.4 Å². The van der Waals surface area contributed by atoms with Crippen LogP contribution in [0.15, 0.2) is 24.3 Å². The maximum Gasteiger partial charge on any atom is 0.0790 e. The fraction of sp³-hybridized carbons (Fsp3) is 0.571. The van der Waals surface area contributed by atoms with E-state index >= 15 is 0 Å². The first kappa shape index (κ1) is 12.9. The normalized spacial score (nSPS) is 24.8. The SMILES string of the molecule is CSCC1CNC(Cc2ccc(C)cc2)CO1. The molecule has 1 aromatic carbocycles. The van der Waals surface area contributed by atoms with Crippen LogP contribution in [0.4, 0.5) is 0 Å². The molecule has 0 bridgehead atoms. The highest BCUT2D eigenvalue weighted by molar-refractivity contribution is 7.98. The number of thioether (sulfide) groups is 1. The van der Waals surface area contributed by atoms with E-state index in [1.807, 2.05) is 11.8 Å². The Kier molecular flexibility index (Phi) is 4.89. The van der Waals surface area contributed by atoms with Gasteiger partial charge in [-0.05, 0) is 25.2 Å². The molecule has 0 amide bonds. The zero-order valence-corrected chi connectivity index (χ0v) is 11.4. The van der Waals surface area contributed by atoms with Gasteiger partial charge in [0.25, 0.3) is 0 Å². The van der Waals surface area contributed by atoms with Crippen molar-refractivity contribution in [1.29, 1.82) is 0 Å². The van der Waals surface area contributed by atoms with E-state index in [0.29, 0.717) is 12.1 Å². The lowest BCUT2D eigenvalue weighted by atomic mass is 10.0. The molecule has 0 aromatic heterocycles. The quantitative estimate of drug-likeness (QED) is 0.887. The van der Waals surface area contributed by atoms with E-state index in [0.717, 1.165) is 25.3 Å². The molecule has 2 unspecified atom stereocenters. The molecule has 0 radical (unpaired) electrons. The monoisotopic (exact) mass is 251 g/mol. The first-order chi connectivity index (χ1) is 8.28. The molecule has 94 valence electrons. The largest absolute Gasteiger partial charge is 0.374 e. The molecule has 2 nitrogen and oxygen atoms in total. The Bertz CT molecular complexity index is 331. The Hall–Kier alpha value is -0.510. The van der Waals surface area contributed by atoms with Gasteiger partial charge in [0.05, 0.1) is 12.7 Å². The van der Waals surface area contributed by atoms with Crippen molar-refractivity contribution >= 4 is 11.8 Å². The molecule has 2 atom stereocenters. The number of hydrogen-bond donors (Lipinski definition) is 1. The highest BCUT2D eigenvalue weighted by atomic mass is 32.2. The zero-order chi connectivity index (χ0) is 12.1. The van der Waals surface area contributed by atoms with Gasteiger partial charge in [-0.15, -0.1) is 0 Å². The highest BCUT2D eigenvalue weighted by Crippen LogP contribution is 2.11. The maximum atomic E-state index is 5.84. The Labute approximate surface area is 108 Å². The minimum absolute atomic E-state index is 0.388. The second-order valence-corrected chi connectivity index (χ2v) is 5.62. The second-order valence-electron chi connectivity index (χ2n) is 4.71. The fourth-order valence-electron chi connectivity index (χ4n) is 2.10. The van der Waals surface area contributed by atoms with Gasteiger partial charge in [-0.3, -0.25) is 0 Å². The van der Waals surface area contributed by atoms with E-state index in [1.165, 1.54) is 11.1 Å². The van der Waals surface area contributed by atoms with E-state index in [1.54, 1.807) is 0 Å². The van der Waals surface area contributed by atoms with E-state index in [4.69, 9.17) is 4.74 Å². The van der Waals surface area contributed by atoms with Crippen molar-refractivity contribution in [1.82, 2.24) is 5.32 Å². The summed E-state index contributed by atoms with van der Waals surface area (Å²) >= 11 is 1.85. The van der Waals surface area contributed by atoms with Gasteiger partial charge in [0, 0.05) is 18.3 Å². The third-order valence-corrected chi connectivity index (χ3v) is 3.83. The van der Waals surface area contributed by atoms with Crippen LogP contribution in [-0.2, 0) is 11.2 Å². The summed E-state index contributed by atoms with van der Waals surface area (Å²) < 4.78 is 5.84. The molecule has 2 rings (SSSR count). The number of nitrogens with one attached hydrogen (secondary N) is 1. The van der Waals surface area contributed by atoms with Crippen LogP contribution in [-0.4, -0.2) is 37.3 Å². The smallest absolute Gasteiger partial charge is 0.0790 e. The lowest BCUT2D eigenvalue weighted by Crippen LogP contribution is -2.48. The summed E-state index contributed by atoms with van der Waals surface area (Å²) in [5.41, 5.74) is 2.71. The van der Waals surface area contributed by atoms with Gasteiger partial charge in [0.15, 0.2) is 0 Å². The summed E-state index contributed by atoms with van der Waals surface area (Å²) in [5, 5.41) is 3.58. The van der Waals surface area contributed by atoms with Crippen molar-refractivity contribution in [3.8, 4) is 0 Å². The van der Waals surface area contributed by atoms with Crippen LogP contribution >= 0.6 is 11.8 Å². The summed E-state index contributed by atoms with van der Waals surface area (Å²) in [5.74, 6) is 1.09. The molecule has 1 heterocycles. The molecule has 0 aliphatic carbocycles. The first-order valence-electron chi connectivity index (χ1n) is 6.17. The molecule has 1 N–H and O–H groups in total. The van der Waals surface area contributed by atoms with Crippen molar-refractivity contribution < 1.29 is 4.74 Å². The molecule has 1 saturated heterocycles. The topological polar surface area (TPSA) is 21.3 Å². The average molecular weight is 251 g/mol. The Morgan fingerprint density at radius 1 is 1.35 bits per heavy atom. The number of hydrogen-bond acceptors (Lipinski definition) is 3. The Balaban J connectivity index is 1.79. The highest BCUT2D eigenvalue weighted by Gasteiger charge is 2.20. The molecule has 1 aliphatic rings. The predicted molar refractivity (Wildman–Crippen MR) is 74.8 cm³/mol. The molecule has 1 aromatic rings. The summed E-state index contributed by atoms with van der Waals surface area (Å²) in [4.78, 5) is 0. The molecule has 1 aliphatic heterocycles. The maximum absolute atomic E-state index is 5.84. The molecule has 0 spiro atoms. The van der Waals surface area contributed by atoms with Gasteiger partial charge in [-0.25, -0.2) is 0 Å². The van der Waals surface area contributed by atoms with E-state index in [9.17, 15) is 0 Å². The lowest BCUT2D eigenvalue weighted by molar-refractivity contribution is 0.0183. The van der Waals surface area contributed by atoms with Crippen molar-refractivity contribution in [2.24, 2.45) is 0 Å². The Morgan fingerprint density at radius 2 is 2.12 bits per heavy atom. The number of morpholine rings is 1. The van der Waals surface area contributed by atoms with Crippen LogP contribution in [0.3, 0.4) is 0 Å². The number of benzene rings is 1. The Morgan fingerprint density at radius 3 is 2.71 bits per heavy atom. The minimum atomic E-state index is 0.388. The van der Waals surface area contributed by atoms with Gasteiger partial charge >= 0.3 is 0 Å². The molecular weight excluding hydrogens is 230 g/mol. The van der Waals surface area contributed by atoms with Crippen LogP contribution in [0.5, 0.6) is 0 Å². The van der Waals surface area contributed by atoms with Crippen molar-refractivity contribution in [3.63, 3.8) is 0 Å². The third kappa shape index (κ3) is 4.02. The van der Waals surface area contributed by atoms with Crippen LogP contribution in [0.25, 0.3) is 0 Å². The average Bonchev–Trinajstić information content (AvgIpc) is 2.35. The van der Waals surface area contributed by atoms with Gasteiger partial charge in [0.1, 0.15) is 0 Å². The van der Waals surface area contributed by atoms with Crippen molar-refractivity contribution in [2.45, 2.75) is 25.5 Å². The zero-order valence-electron chi connectivity index (χ0n) is 10.6. The molecule has 3 heteroatoms. The standard InChI is InChI=1S/C14H21NOS/c1-11-3-5-12(6-4-11)7-13-9-16-14(8-15-13)10-17-2/h3-6,13-15H,7-10H2,1-2H3. The minimum Gasteiger partial charge on any atom is -0.374 e. The van der Waals surface area contributed by atoms with E-state index < -0.39 is 0 Å². The number of aryl methyl sites for hydroxylation is 1. The summed E-state index contributed by atoms with van der Waals surface area (Å²) in [7, 11) is 0. The second kappa shape index (κ2) is 6.43. The fourth-order valence-corrected chi connectivity index (χ4v) is 2.69. The molecule has 1 fully saturated rings. The first-order valence-corrected chi connectivity index (χ1v) is 7.57. The van der Waals surface area contributed by atoms with Crippen molar-refractivity contribution in [2.75, 3.05) is 25.2 Å². The predicted octanol–water partition coefficient (Wildman–Crippen LogP) is 2.26. The van der Waals surface area contributed by atoms with E-state index in [-0.39, 0.29) is 0 Å². The number of ether oxygens (including phenoxy) is 1. The summed E-state index contributed by atoms with van der Waals surface area (Å²) in [6, 6.07) is 9.25. The molecule has 17 heavy (non-hydrogen) atoms. The third-order valence-electron chi connectivity index (χ3n) is 3.12. The van der Waals surface area contributed by atoms with Gasteiger partial charge in [0.2, 0.25) is 0 Å². The molecule has 0 saturated carbocycles. The van der Waals surface area contributed by atoms with Crippen LogP contribution in [0.1, 0.15) is 11.1 Å². The van der Waals surface area contributed by atoms with E-state index in [2.05, 4.69) is 42.8 Å². The van der Waals surface area contributed by atoms with Crippen LogP contribution in [0, 0.1) is 6.92 Å².